The molecule has 2 fully saturated rings. The fourth-order valence-electron chi connectivity index (χ4n) is 6.02. The van der Waals surface area contributed by atoms with E-state index in [4.69, 9.17) is 9.47 Å². The molecule has 1 unspecified atom stereocenters. The van der Waals surface area contributed by atoms with Crippen LogP contribution >= 0.6 is 23.1 Å². The first-order valence-electron chi connectivity index (χ1n) is 14.8. The number of thiophene rings is 1. The normalized spacial score (nSPS) is 25.8. The summed E-state index contributed by atoms with van der Waals surface area (Å²) in [6.07, 6.45) is 2.68. The number of carbonyl (C=O) groups excluding carboxylic acids is 1. The molecule has 2 aliphatic heterocycles. The van der Waals surface area contributed by atoms with Crippen molar-refractivity contribution in [2.45, 2.75) is 64.2 Å². The van der Waals surface area contributed by atoms with Crippen molar-refractivity contribution < 1.29 is 14.3 Å². The fourth-order valence-corrected chi connectivity index (χ4v) is 8.09. The largest absolute Gasteiger partial charge is 0.461 e. The molecule has 0 spiro atoms. The van der Waals surface area contributed by atoms with Crippen LogP contribution in [0.25, 0.3) is 10.4 Å². The third-order valence-electron chi connectivity index (χ3n) is 8.76. The van der Waals surface area contributed by atoms with Gasteiger partial charge in [0.05, 0.1) is 17.5 Å². The van der Waals surface area contributed by atoms with E-state index in [9.17, 15) is 4.79 Å². The minimum Gasteiger partial charge on any atom is -0.461 e. The number of ether oxygens (including phenoxy) is 2. The average molecular weight is 593 g/mol. The van der Waals surface area contributed by atoms with Gasteiger partial charge in [-0.05, 0) is 73.2 Å². The molecule has 2 aromatic carbocycles. The van der Waals surface area contributed by atoms with E-state index in [2.05, 4.69) is 98.5 Å². The van der Waals surface area contributed by atoms with Crippen molar-refractivity contribution in [1.82, 2.24) is 9.80 Å². The van der Waals surface area contributed by atoms with E-state index in [0.29, 0.717) is 0 Å². The molecule has 1 aromatic heterocycles. The molecular weight excluding hydrogens is 549 g/mol. The van der Waals surface area contributed by atoms with E-state index < -0.39 is 0 Å². The summed E-state index contributed by atoms with van der Waals surface area (Å²) in [5.41, 5.74) is 6.45. The minimum absolute atomic E-state index is 0.00405. The fraction of sp³-hybridized carbons (Fsp3) is 0.500. The molecule has 5 nitrogen and oxygen atoms in total. The first kappa shape index (κ1) is 30.3. The zero-order chi connectivity index (χ0) is 29.1. The van der Waals surface area contributed by atoms with Gasteiger partial charge in [-0.3, -0.25) is 9.69 Å². The highest BCUT2D eigenvalue weighted by molar-refractivity contribution is 7.99. The van der Waals surface area contributed by atoms with Gasteiger partial charge in [0.1, 0.15) is 6.10 Å². The Hall–Kier alpha value is -2.16. The number of rotatable bonds is 8. The number of aryl methyl sites for hydroxylation is 1. The Bertz CT molecular complexity index is 1330. The second kappa shape index (κ2) is 13.4. The molecule has 41 heavy (non-hydrogen) atoms. The second-order valence-corrected chi connectivity index (χ2v) is 14.0. The van der Waals surface area contributed by atoms with Crippen LogP contribution in [-0.4, -0.2) is 72.7 Å². The quantitative estimate of drug-likeness (QED) is 0.268. The van der Waals surface area contributed by atoms with Crippen LogP contribution in [0.2, 0.25) is 0 Å². The molecule has 0 amide bonds. The number of esters is 1. The van der Waals surface area contributed by atoms with Crippen LogP contribution in [0, 0.1) is 12.8 Å². The van der Waals surface area contributed by atoms with E-state index in [1.807, 2.05) is 11.3 Å². The summed E-state index contributed by atoms with van der Waals surface area (Å²) in [4.78, 5) is 19.6. The first-order chi connectivity index (χ1) is 19.7. The number of piperazine rings is 1. The van der Waals surface area contributed by atoms with Gasteiger partial charge in [0, 0.05) is 61.7 Å². The van der Waals surface area contributed by atoms with Crippen LogP contribution in [0.1, 0.15) is 54.0 Å². The average Bonchev–Trinajstić information content (AvgIpc) is 3.42. The molecule has 0 saturated carbocycles. The van der Waals surface area contributed by atoms with Crippen LogP contribution in [0.15, 0.2) is 54.6 Å². The SMILES string of the molecule is CS[C@H]1C(c2ccc(C)c(Cc3ccc(-c4cccc(CN5CCN(C)CC5)c4)s3)c2)O[C@H](C)[C@@H](C)[C@@H]1OC(C)=O. The maximum Gasteiger partial charge on any atom is 0.302 e. The first-order valence-corrected chi connectivity index (χ1v) is 16.9. The van der Waals surface area contributed by atoms with Crippen molar-refractivity contribution >= 4 is 29.1 Å². The van der Waals surface area contributed by atoms with Gasteiger partial charge >= 0.3 is 5.97 Å². The van der Waals surface area contributed by atoms with Crippen molar-refractivity contribution in [2.75, 3.05) is 39.5 Å². The predicted octanol–water partition coefficient (Wildman–Crippen LogP) is 6.82. The Labute approximate surface area is 254 Å². The molecule has 5 rings (SSSR count). The van der Waals surface area contributed by atoms with Crippen molar-refractivity contribution in [1.29, 1.82) is 0 Å². The summed E-state index contributed by atoms with van der Waals surface area (Å²) in [6, 6.07) is 20.3. The lowest BCUT2D eigenvalue weighted by Crippen LogP contribution is -2.49. The van der Waals surface area contributed by atoms with Crippen molar-refractivity contribution in [3.63, 3.8) is 0 Å². The molecular formula is C34H44N2O3S2. The molecule has 3 aromatic rings. The van der Waals surface area contributed by atoms with Crippen LogP contribution in [-0.2, 0) is 27.2 Å². The third-order valence-corrected chi connectivity index (χ3v) is 11.0. The molecule has 0 N–H and O–H groups in total. The maximum absolute atomic E-state index is 11.9. The minimum atomic E-state index is -0.225. The molecule has 0 radical (unpaired) electrons. The lowest BCUT2D eigenvalue weighted by molar-refractivity contribution is -0.168. The monoisotopic (exact) mass is 592 g/mol. The Morgan fingerprint density at radius 2 is 1.85 bits per heavy atom. The zero-order valence-corrected chi connectivity index (χ0v) is 26.9. The summed E-state index contributed by atoms with van der Waals surface area (Å²) in [5.74, 6) is -0.0844. The summed E-state index contributed by atoms with van der Waals surface area (Å²) in [6.45, 7) is 13.5. The van der Waals surface area contributed by atoms with E-state index in [0.717, 1.165) is 44.7 Å². The Morgan fingerprint density at radius 1 is 1.07 bits per heavy atom. The number of hydrogen-bond donors (Lipinski definition) is 0. The van der Waals surface area contributed by atoms with Gasteiger partial charge in [0.2, 0.25) is 0 Å². The summed E-state index contributed by atoms with van der Waals surface area (Å²) < 4.78 is 12.4. The highest BCUT2D eigenvalue weighted by Crippen LogP contribution is 2.42. The van der Waals surface area contributed by atoms with Gasteiger partial charge < -0.3 is 14.4 Å². The molecule has 0 bridgehead atoms. The summed E-state index contributed by atoms with van der Waals surface area (Å²) in [5, 5.41) is 0.0483. The Kier molecular flexibility index (Phi) is 9.93. The van der Waals surface area contributed by atoms with Gasteiger partial charge in [-0.15, -0.1) is 11.3 Å². The molecule has 220 valence electrons. The molecule has 5 atom stereocenters. The lowest BCUT2D eigenvalue weighted by atomic mass is 9.87. The number of benzene rings is 2. The van der Waals surface area contributed by atoms with Gasteiger partial charge in [0.15, 0.2) is 0 Å². The van der Waals surface area contributed by atoms with Crippen LogP contribution in [0.3, 0.4) is 0 Å². The summed E-state index contributed by atoms with van der Waals surface area (Å²) in [7, 11) is 2.21. The topological polar surface area (TPSA) is 42.0 Å². The molecule has 3 heterocycles. The highest BCUT2D eigenvalue weighted by Gasteiger charge is 2.44. The van der Waals surface area contributed by atoms with Crippen LogP contribution in [0.4, 0.5) is 0 Å². The van der Waals surface area contributed by atoms with Crippen molar-refractivity contribution in [2.24, 2.45) is 5.92 Å². The van der Waals surface area contributed by atoms with Gasteiger partial charge in [-0.2, -0.15) is 11.8 Å². The highest BCUT2D eigenvalue weighted by atomic mass is 32.2. The summed E-state index contributed by atoms with van der Waals surface area (Å²) >= 11 is 3.61. The Morgan fingerprint density at radius 3 is 2.59 bits per heavy atom. The smallest absolute Gasteiger partial charge is 0.302 e. The van der Waals surface area contributed by atoms with Gasteiger partial charge in [-0.25, -0.2) is 0 Å². The van der Waals surface area contributed by atoms with Crippen LogP contribution in [0.5, 0.6) is 0 Å². The molecule has 7 heteroatoms. The molecule has 2 aliphatic rings. The number of hydrogen-bond acceptors (Lipinski definition) is 7. The second-order valence-electron chi connectivity index (χ2n) is 11.8. The standard InChI is InChI=1S/C34H44N2O3S2/c1-22-10-11-28(33-34(40-6)32(39-25(4)37)23(2)24(3)38-33)19-29(22)20-30-12-13-31(41-30)27-9-7-8-26(18-27)21-36-16-14-35(5)15-17-36/h7-13,18-19,23-24,32-34H,14-17,20-21H2,1-6H3/t23-,24-,32+,33?,34-/m1/s1. The van der Waals surface area contributed by atoms with E-state index in [1.165, 1.54) is 38.9 Å². The molecule has 0 aliphatic carbocycles. The third kappa shape index (κ3) is 7.26. The van der Waals surface area contributed by atoms with E-state index in [-0.39, 0.29) is 35.4 Å². The Balaban J connectivity index is 1.32. The number of thioether (sulfide) groups is 1. The maximum atomic E-state index is 11.9. The number of likely N-dealkylation sites (N-methyl/N-ethyl adjacent to an activating group) is 1. The predicted molar refractivity (Wildman–Crippen MR) is 172 cm³/mol. The zero-order valence-electron chi connectivity index (χ0n) is 25.3. The number of carbonyl (C=O) groups is 1. The van der Waals surface area contributed by atoms with Gasteiger partial charge in [-0.1, -0.05) is 43.3 Å². The van der Waals surface area contributed by atoms with Crippen molar-refractivity contribution in [3.05, 3.63) is 81.7 Å². The van der Waals surface area contributed by atoms with E-state index in [1.54, 1.807) is 11.8 Å². The van der Waals surface area contributed by atoms with Gasteiger partial charge in [0.25, 0.3) is 0 Å². The van der Waals surface area contributed by atoms with Crippen LogP contribution < -0.4 is 0 Å². The van der Waals surface area contributed by atoms with Crippen molar-refractivity contribution in [3.8, 4) is 10.4 Å². The lowest BCUT2D eigenvalue weighted by Gasteiger charge is -2.44. The van der Waals surface area contributed by atoms with E-state index >= 15 is 0 Å². The molecule has 2 saturated heterocycles. The number of nitrogens with zero attached hydrogens (tertiary/aromatic N) is 2.